The Morgan fingerprint density at radius 1 is 1.23 bits per heavy atom. The molecule has 1 aliphatic rings. The van der Waals surface area contributed by atoms with E-state index in [1.54, 1.807) is 24.3 Å². The SMILES string of the molecule is COC(=O)c1ccccc1CNC(=O)Cn1ncc(N[C@@H]2C[C@H](C)C(C)(C)[C@H](C)[C@H]2C)c(Cl)c1=O. The van der Waals surface area contributed by atoms with Crippen LogP contribution >= 0.6 is 11.6 Å². The summed E-state index contributed by atoms with van der Waals surface area (Å²) in [6.07, 6.45) is 2.47. The van der Waals surface area contributed by atoms with Gasteiger partial charge in [0.15, 0.2) is 0 Å². The number of methoxy groups -OCH3 is 1. The highest BCUT2D eigenvalue weighted by molar-refractivity contribution is 6.32. The molecule has 190 valence electrons. The third kappa shape index (κ3) is 5.69. The minimum atomic E-state index is -0.535. The number of nitrogens with one attached hydrogen (secondary N) is 2. The Morgan fingerprint density at radius 3 is 2.60 bits per heavy atom. The Kier molecular flexibility index (Phi) is 8.26. The van der Waals surface area contributed by atoms with Crippen molar-refractivity contribution in [3.8, 4) is 0 Å². The van der Waals surface area contributed by atoms with Crippen LogP contribution in [0.5, 0.6) is 0 Å². The Morgan fingerprint density at radius 2 is 1.91 bits per heavy atom. The number of carbonyl (C=O) groups is 2. The van der Waals surface area contributed by atoms with Crippen molar-refractivity contribution in [2.75, 3.05) is 12.4 Å². The lowest BCUT2D eigenvalue weighted by Gasteiger charge is -2.50. The van der Waals surface area contributed by atoms with Gasteiger partial charge in [0.1, 0.15) is 11.6 Å². The molecule has 2 N–H and O–H groups in total. The summed E-state index contributed by atoms with van der Waals surface area (Å²) in [6.45, 7) is 11.2. The molecule has 1 heterocycles. The number of hydrogen-bond acceptors (Lipinski definition) is 6. The normalized spacial score (nSPS) is 23.4. The van der Waals surface area contributed by atoms with Crippen LogP contribution in [-0.2, 0) is 22.6 Å². The Bertz CT molecular complexity index is 1150. The van der Waals surface area contributed by atoms with Crippen molar-refractivity contribution < 1.29 is 14.3 Å². The molecule has 9 heteroatoms. The maximum absolute atomic E-state index is 12.8. The van der Waals surface area contributed by atoms with Crippen molar-refractivity contribution >= 4 is 29.2 Å². The monoisotopic (exact) mass is 502 g/mol. The number of benzene rings is 1. The smallest absolute Gasteiger partial charge is 0.338 e. The number of amides is 1. The summed E-state index contributed by atoms with van der Waals surface area (Å²) in [7, 11) is 1.30. The van der Waals surface area contributed by atoms with E-state index in [1.807, 2.05) is 0 Å². The molecule has 1 aliphatic carbocycles. The van der Waals surface area contributed by atoms with E-state index in [2.05, 4.69) is 50.4 Å². The number of hydrogen-bond donors (Lipinski definition) is 2. The second-order valence-corrected chi connectivity index (χ2v) is 10.5. The van der Waals surface area contributed by atoms with Crippen LogP contribution in [0.25, 0.3) is 0 Å². The number of esters is 1. The number of carbonyl (C=O) groups excluding carboxylic acids is 2. The van der Waals surface area contributed by atoms with Gasteiger partial charge in [0.05, 0.1) is 24.6 Å². The number of anilines is 1. The fourth-order valence-electron chi connectivity index (χ4n) is 4.81. The van der Waals surface area contributed by atoms with Crippen LogP contribution in [0.3, 0.4) is 0 Å². The molecule has 8 nitrogen and oxygen atoms in total. The first-order valence-electron chi connectivity index (χ1n) is 11.9. The van der Waals surface area contributed by atoms with Gasteiger partial charge in [-0.1, -0.05) is 64.4 Å². The molecular weight excluding hydrogens is 468 g/mol. The zero-order valence-electron chi connectivity index (χ0n) is 21.2. The molecule has 0 aliphatic heterocycles. The van der Waals surface area contributed by atoms with Crippen molar-refractivity contribution in [2.45, 2.75) is 60.2 Å². The van der Waals surface area contributed by atoms with Crippen molar-refractivity contribution in [1.29, 1.82) is 0 Å². The van der Waals surface area contributed by atoms with Gasteiger partial charge in [-0.2, -0.15) is 5.10 Å². The molecule has 4 atom stereocenters. The summed E-state index contributed by atoms with van der Waals surface area (Å²) >= 11 is 6.40. The van der Waals surface area contributed by atoms with Gasteiger partial charge in [0, 0.05) is 12.6 Å². The van der Waals surface area contributed by atoms with E-state index in [4.69, 9.17) is 16.3 Å². The largest absolute Gasteiger partial charge is 0.465 e. The van der Waals surface area contributed by atoms with Gasteiger partial charge < -0.3 is 15.4 Å². The minimum Gasteiger partial charge on any atom is -0.465 e. The highest BCUT2D eigenvalue weighted by Crippen LogP contribution is 2.48. The van der Waals surface area contributed by atoms with Crippen molar-refractivity contribution in [3.05, 3.63) is 57.0 Å². The van der Waals surface area contributed by atoms with Crippen LogP contribution in [0.4, 0.5) is 5.69 Å². The zero-order valence-corrected chi connectivity index (χ0v) is 22.0. The van der Waals surface area contributed by atoms with Gasteiger partial charge in [-0.15, -0.1) is 0 Å². The first kappa shape index (κ1) is 26.7. The third-order valence-corrected chi connectivity index (χ3v) is 8.36. The number of ether oxygens (including phenoxy) is 1. The van der Waals surface area contributed by atoms with Crippen molar-refractivity contribution in [2.24, 2.45) is 23.2 Å². The standard InChI is InChI=1S/C26H35ClN4O4/c1-15-11-20(16(2)17(3)26(15,4)5)30-21-13-29-31(24(33)23(21)27)14-22(32)28-12-18-9-7-8-10-19(18)25(34)35-6/h7-10,13,15-17,20,30H,11-12,14H2,1-6H3,(H,28,32)/t15-,16+,17+,20+/m0/s1. The second-order valence-electron chi connectivity index (χ2n) is 10.1. The summed E-state index contributed by atoms with van der Waals surface area (Å²) in [4.78, 5) is 37.2. The third-order valence-electron chi connectivity index (χ3n) is 7.99. The molecular formula is C26H35ClN4O4. The lowest BCUT2D eigenvalue weighted by atomic mass is 9.58. The number of rotatable bonds is 7. The predicted molar refractivity (Wildman–Crippen MR) is 136 cm³/mol. The summed E-state index contributed by atoms with van der Waals surface area (Å²) in [5.74, 6) is 0.470. The van der Waals surface area contributed by atoms with Crippen LogP contribution in [0.2, 0.25) is 5.02 Å². The van der Waals surface area contributed by atoms with Crippen LogP contribution in [0, 0.1) is 23.2 Å². The molecule has 3 rings (SSSR count). The maximum Gasteiger partial charge on any atom is 0.338 e. The molecule has 1 amide bonds. The van der Waals surface area contributed by atoms with Gasteiger partial charge in [-0.3, -0.25) is 9.59 Å². The number of nitrogens with zero attached hydrogens (tertiary/aromatic N) is 2. The molecule has 0 unspecified atom stereocenters. The van der Waals surface area contributed by atoms with Gasteiger partial charge >= 0.3 is 5.97 Å². The van der Waals surface area contributed by atoms with Crippen LogP contribution in [0.1, 0.15) is 57.0 Å². The van der Waals surface area contributed by atoms with Crippen LogP contribution in [0.15, 0.2) is 35.3 Å². The fraction of sp³-hybridized carbons (Fsp3) is 0.538. The highest BCUT2D eigenvalue weighted by atomic mass is 35.5. The van der Waals surface area contributed by atoms with Crippen molar-refractivity contribution in [1.82, 2.24) is 15.1 Å². The average Bonchev–Trinajstić information content (AvgIpc) is 2.84. The van der Waals surface area contributed by atoms with E-state index in [9.17, 15) is 14.4 Å². The minimum absolute atomic E-state index is 0.0150. The number of halogens is 1. The zero-order chi connectivity index (χ0) is 25.9. The van der Waals surface area contributed by atoms with Crippen molar-refractivity contribution in [3.63, 3.8) is 0 Å². The molecule has 1 saturated carbocycles. The summed E-state index contributed by atoms with van der Waals surface area (Å²) in [6, 6.07) is 7.00. The first-order valence-corrected chi connectivity index (χ1v) is 12.3. The summed E-state index contributed by atoms with van der Waals surface area (Å²) < 4.78 is 5.81. The predicted octanol–water partition coefficient (Wildman–Crippen LogP) is 4.12. The van der Waals surface area contributed by atoms with E-state index in [1.165, 1.54) is 13.3 Å². The van der Waals surface area contributed by atoms with Gasteiger partial charge in [0.2, 0.25) is 5.91 Å². The van der Waals surface area contributed by atoms with E-state index >= 15 is 0 Å². The second kappa shape index (κ2) is 10.8. The lowest BCUT2D eigenvalue weighted by molar-refractivity contribution is -0.122. The first-order chi connectivity index (χ1) is 16.5. The van der Waals surface area contributed by atoms with Crippen LogP contribution < -0.4 is 16.2 Å². The van der Waals surface area contributed by atoms with Gasteiger partial charge in [0.25, 0.3) is 5.56 Å². The van der Waals surface area contributed by atoms with E-state index < -0.39 is 17.4 Å². The molecule has 35 heavy (non-hydrogen) atoms. The lowest BCUT2D eigenvalue weighted by Crippen LogP contribution is -2.48. The molecule has 0 saturated heterocycles. The topological polar surface area (TPSA) is 102 Å². The van der Waals surface area contributed by atoms with E-state index in [0.717, 1.165) is 11.1 Å². The molecule has 1 aromatic carbocycles. The molecule has 2 aromatic rings. The maximum atomic E-state index is 12.8. The summed E-state index contributed by atoms with van der Waals surface area (Å²) in [5, 5.41) is 10.3. The van der Waals surface area contributed by atoms with Gasteiger partial charge in [-0.05, 0) is 41.2 Å². The summed E-state index contributed by atoms with van der Waals surface area (Å²) in [5.41, 5.74) is 1.16. The number of aromatic nitrogens is 2. The molecule has 0 spiro atoms. The van der Waals surface area contributed by atoms with Gasteiger partial charge in [-0.25, -0.2) is 9.48 Å². The highest BCUT2D eigenvalue weighted by Gasteiger charge is 2.43. The molecule has 0 bridgehead atoms. The van der Waals surface area contributed by atoms with E-state index in [-0.39, 0.29) is 29.6 Å². The Labute approximate surface area is 211 Å². The molecule has 0 radical (unpaired) electrons. The average molecular weight is 503 g/mol. The van der Waals surface area contributed by atoms with E-state index in [0.29, 0.717) is 34.6 Å². The fourth-order valence-corrected chi connectivity index (χ4v) is 5.01. The Hall–Kier alpha value is -2.87. The molecule has 1 aromatic heterocycles. The quantitative estimate of drug-likeness (QED) is 0.552. The van der Waals surface area contributed by atoms with Crippen LogP contribution in [-0.4, -0.2) is 34.8 Å². The molecule has 1 fully saturated rings. The Balaban J connectivity index is 1.67.